The van der Waals surface area contributed by atoms with Gasteiger partial charge in [0, 0.05) is 7.11 Å². The number of tetrazole rings is 1. The summed E-state index contributed by atoms with van der Waals surface area (Å²) in [7, 11) is 1.43. The maximum Gasteiger partial charge on any atom is 0.175 e. The predicted molar refractivity (Wildman–Crippen MR) is 50.6 cm³/mol. The third-order valence-corrected chi connectivity index (χ3v) is 1.91. The monoisotopic (exact) mass is 220 g/mol. The van der Waals surface area contributed by atoms with E-state index in [-0.39, 0.29) is 0 Å². The topological polar surface area (TPSA) is 95.7 Å². The first kappa shape index (κ1) is 10.3. The predicted octanol–water partition coefficient (Wildman–Crippen LogP) is -0.661. The molecule has 0 aliphatic heterocycles. The zero-order valence-corrected chi connectivity index (χ0v) is 8.39. The summed E-state index contributed by atoms with van der Waals surface area (Å²) in [5, 5.41) is 10.6. The van der Waals surface area contributed by atoms with Gasteiger partial charge >= 0.3 is 0 Å². The van der Waals surface area contributed by atoms with E-state index in [9.17, 15) is 4.79 Å². The first-order valence-corrected chi connectivity index (χ1v) is 4.38. The van der Waals surface area contributed by atoms with Gasteiger partial charge in [-0.15, -0.1) is 5.10 Å². The van der Waals surface area contributed by atoms with Crippen LogP contribution in [0.25, 0.3) is 5.82 Å². The number of hydrogen-bond acceptors (Lipinski definition) is 7. The van der Waals surface area contributed by atoms with Crippen LogP contribution in [0.4, 0.5) is 0 Å². The highest BCUT2D eigenvalue weighted by molar-refractivity contribution is 5.58. The second-order valence-corrected chi connectivity index (χ2v) is 2.85. The molecule has 0 aliphatic rings. The summed E-state index contributed by atoms with van der Waals surface area (Å²) in [4.78, 5) is 18.7. The number of methoxy groups -OCH3 is 1. The number of hydrogen-bond donors (Lipinski definition) is 0. The van der Waals surface area contributed by atoms with E-state index in [0.29, 0.717) is 17.8 Å². The molecule has 0 aliphatic carbocycles. The largest absolute Gasteiger partial charge is 0.368 e. The third kappa shape index (κ3) is 1.91. The summed E-state index contributed by atoms with van der Waals surface area (Å²) in [5.41, 5.74) is 0.439. The van der Waals surface area contributed by atoms with E-state index < -0.39 is 6.10 Å². The van der Waals surface area contributed by atoms with Crippen LogP contribution in [0.1, 0.15) is 11.8 Å². The van der Waals surface area contributed by atoms with Crippen molar-refractivity contribution in [2.75, 3.05) is 7.11 Å². The van der Waals surface area contributed by atoms with Crippen LogP contribution in [-0.4, -0.2) is 43.6 Å². The van der Waals surface area contributed by atoms with Gasteiger partial charge in [0.1, 0.15) is 6.33 Å². The minimum Gasteiger partial charge on any atom is -0.368 e. The number of carbonyl (C=O) groups is 1. The van der Waals surface area contributed by atoms with Crippen LogP contribution in [0.3, 0.4) is 0 Å². The number of aldehydes is 1. The van der Waals surface area contributed by atoms with Gasteiger partial charge in [0.05, 0.1) is 18.1 Å². The molecule has 0 radical (unpaired) electrons. The van der Waals surface area contributed by atoms with Gasteiger partial charge in [0.2, 0.25) is 0 Å². The van der Waals surface area contributed by atoms with Crippen LogP contribution in [0, 0.1) is 0 Å². The molecule has 0 fully saturated rings. The van der Waals surface area contributed by atoms with Crippen molar-refractivity contribution in [2.45, 2.75) is 6.10 Å². The molecule has 0 N–H and O–H groups in total. The summed E-state index contributed by atoms with van der Waals surface area (Å²) in [6.07, 6.45) is 4.26. The maximum atomic E-state index is 10.6. The van der Waals surface area contributed by atoms with E-state index in [1.54, 1.807) is 0 Å². The van der Waals surface area contributed by atoms with Crippen LogP contribution >= 0.6 is 0 Å². The SMILES string of the molecule is CO[C@H](C=O)c1cnc(-n2cnnn2)cn1. The molecule has 2 aromatic rings. The number of rotatable bonds is 4. The van der Waals surface area contributed by atoms with Crippen LogP contribution in [-0.2, 0) is 9.53 Å². The molecule has 0 saturated heterocycles. The van der Waals surface area contributed by atoms with Gasteiger partial charge in [-0.25, -0.2) is 4.98 Å². The van der Waals surface area contributed by atoms with Crippen LogP contribution in [0.2, 0.25) is 0 Å². The zero-order chi connectivity index (χ0) is 11.4. The Labute approximate surface area is 90.3 Å². The van der Waals surface area contributed by atoms with Crippen LogP contribution < -0.4 is 0 Å². The Hall–Kier alpha value is -2.22. The van der Waals surface area contributed by atoms with Gasteiger partial charge in [-0.05, 0) is 10.4 Å². The van der Waals surface area contributed by atoms with Crippen molar-refractivity contribution < 1.29 is 9.53 Å². The second-order valence-electron chi connectivity index (χ2n) is 2.85. The Bertz CT molecular complexity index is 454. The van der Waals surface area contributed by atoms with Gasteiger partial charge in [0.15, 0.2) is 18.2 Å². The van der Waals surface area contributed by atoms with E-state index in [1.807, 2.05) is 0 Å². The van der Waals surface area contributed by atoms with Gasteiger partial charge < -0.3 is 4.74 Å². The van der Waals surface area contributed by atoms with E-state index in [1.165, 1.54) is 30.5 Å². The first-order valence-electron chi connectivity index (χ1n) is 4.38. The average molecular weight is 220 g/mol. The molecule has 0 saturated carbocycles. The molecule has 2 rings (SSSR count). The molecule has 8 nitrogen and oxygen atoms in total. The molecular formula is C8H8N6O2. The van der Waals surface area contributed by atoms with Gasteiger partial charge in [0.25, 0.3) is 0 Å². The third-order valence-electron chi connectivity index (χ3n) is 1.91. The number of carbonyl (C=O) groups excluding carboxylic acids is 1. The lowest BCUT2D eigenvalue weighted by Crippen LogP contribution is -2.07. The Morgan fingerprint density at radius 1 is 1.44 bits per heavy atom. The average Bonchev–Trinajstić information content (AvgIpc) is 2.85. The smallest absolute Gasteiger partial charge is 0.175 e. The van der Waals surface area contributed by atoms with E-state index in [2.05, 4.69) is 25.5 Å². The second kappa shape index (κ2) is 4.53. The molecule has 0 unspecified atom stereocenters. The normalized spacial score (nSPS) is 12.3. The number of aromatic nitrogens is 6. The lowest BCUT2D eigenvalue weighted by atomic mass is 10.3. The quantitative estimate of drug-likeness (QED) is 0.631. The minimum atomic E-state index is -0.699. The molecule has 2 aromatic heterocycles. The lowest BCUT2D eigenvalue weighted by Gasteiger charge is -2.06. The molecule has 1 atom stereocenters. The summed E-state index contributed by atoms with van der Waals surface area (Å²) in [5.74, 6) is 0.467. The zero-order valence-electron chi connectivity index (χ0n) is 8.39. The van der Waals surface area contributed by atoms with Crippen LogP contribution in [0.5, 0.6) is 0 Å². The molecule has 0 spiro atoms. The minimum absolute atomic E-state index is 0.439. The van der Waals surface area contributed by atoms with Crippen molar-refractivity contribution in [2.24, 2.45) is 0 Å². The fraction of sp³-hybridized carbons (Fsp3) is 0.250. The summed E-state index contributed by atoms with van der Waals surface area (Å²) < 4.78 is 6.26. The van der Waals surface area contributed by atoms with Crippen molar-refractivity contribution in [3.63, 3.8) is 0 Å². The maximum absolute atomic E-state index is 10.6. The van der Waals surface area contributed by atoms with Gasteiger partial charge in [-0.1, -0.05) is 0 Å². The fourth-order valence-electron chi connectivity index (χ4n) is 1.11. The Kier molecular flexibility index (Phi) is 2.92. The summed E-state index contributed by atoms with van der Waals surface area (Å²) in [6.45, 7) is 0. The Balaban J connectivity index is 2.26. The van der Waals surface area contributed by atoms with Crippen LogP contribution in [0.15, 0.2) is 18.7 Å². The highest BCUT2D eigenvalue weighted by Gasteiger charge is 2.11. The molecule has 16 heavy (non-hydrogen) atoms. The van der Waals surface area contributed by atoms with E-state index in [4.69, 9.17) is 4.74 Å². The molecule has 8 heteroatoms. The number of nitrogens with zero attached hydrogens (tertiary/aromatic N) is 6. The number of ether oxygens (including phenoxy) is 1. The fourth-order valence-corrected chi connectivity index (χ4v) is 1.11. The standard InChI is InChI=1S/C8H8N6O2/c1-16-7(4-15)6-2-10-8(3-9-6)14-5-11-12-13-14/h2-5,7H,1H3/t7-/m1/s1. The van der Waals surface area contributed by atoms with Crippen molar-refractivity contribution >= 4 is 6.29 Å². The van der Waals surface area contributed by atoms with Crippen molar-refractivity contribution in [3.05, 3.63) is 24.4 Å². The van der Waals surface area contributed by atoms with E-state index in [0.717, 1.165) is 0 Å². The Morgan fingerprint density at radius 2 is 2.31 bits per heavy atom. The molecule has 0 aromatic carbocycles. The summed E-state index contributed by atoms with van der Waals surface area (Å²) in [6, 6.07) is 0. The van der Waals surface area contributed by atoms with Gasteiger partial charge in [-0.3, -0.25) is 9.78 Å². The van der Waals surface area contributed by atoms with Crippen molar-refractivity contribution in [1.29, 1.82) is 0 Å². The molecule has 82 valence electrons. The van der Waals surface area contributed by atoms with Crippen molar-refractivity contribution in [1.82, 2.24) is 30.2 Å². The first-order chi connectivity index (χ1) is 7.85. The molecular weight excluding hydrogens is 212 g/mol. The molecule has 0 bridgehead atoms. The van der Waals surface area contributed by atoms with Crippen molar-refractivity contribution in [3.8, 4) is 5.82 Å². The van der Waals surface area contributed by atoms with Gasteiger partial charge in [-0.2, -0.15) is 4.68 Å². The molecule has 0 amide bonds. The highest BCUT2D eigenvalue weighted by Crippen LogP contribution is 2.10. The molecule has 2 heterocycles. The Morgan fingerprint density at radius 3 is 2.81 bits per heavy atom. The van der Waals surface area contributed by atoms with E-state index >= 15 is 0 Å². The highest BCUT2D eigenvalue weighted by atomic mass is 16.5. The summed E-state index contributed by atoms with van der Waals surface area (Å²) >= 11 is 0. The lowest BCUT2D eigenvalue weighted by molar-refractivity contribution is -0.116.